The first-order valence-electron chi connectivity index (χ1n) is 5.74. The Balaban J connectivity index is 2.19. The zero-order valence-corrected chi connectivity index (χ0v) is 9.97. The van der Waals surface area contributed by atoms with Gasteiger partial charge in [0.15, 0.2) is 11.5 Å². The highest BCUT2D eigenvalue weighted by Crippen LogP contribution is 2.36. The molecule has 94 valence electrons. The fourth-order valence-corrected chi connectivity index (χ4v) is 2.30. The third-order valence-electron chi connectivity index (χ3n) is 3.08. The molecule has 2 heterocycles. The predicted octanol–water partition coefficient (Wildman–Crippen LogP) is 1.58. The first-order valence-corrected chi connectivity index (χ1v) is 5.74. The number of aliphatic carboxylic acids is 1. The molecule has 1 aromatic heterocycles. The molecule has 0 atom stereocenters. The molecule has 0 aliphatic carbocycles. The standard InChI is InChI=1S/C13H13NO4/c1-14-7-8(4-13(15)16)9-5-11-12(6-10(9)14)18-3-2-17-11/h5-7H,2-4H2,1H3,(H,15,16). The van der Waals surface area contributed by atoms with Crippen molar-refractivity contribution in [1.82, 2.24) is 4.57 Å². The maximum absolute atomic E-state index is 10.8. The first kappa shape index (κ1) is 11.0. The average Bonchev–Trinajstić information content (AvgIpc) is 2.63. The smallest absolute Gasteiger partial charge is 0.307 e. The minimum Gasteiger partial charge on any atom is -0.486 e. The molecule has 5 nitrogen and oxygen atoms in total. The Morgan fingerprint density at radius 3 is 2.67 bits per heavy atom. The summed E-state index contributed by atoms with van der Waals surface area (Å²) < 4.78 is 12.9. The van der Waals surface area contributed by atoms with Gasteiger partial charge in [0.25, 0.3) is 0 Å². The number of rotatable bonds is 2. The second-order valence-electron chi connectivity index (χ2n) is 4.35. The lowest BCUT2D eigenvalue weighted by Gasteiger charge is -2.18. The van der Waals surface area contributed by atoms with E-state index in [9.17, 15) is 4.79 Å². The van der Waals surface area contributed by atoms with E-state index in [4.69, 9.17) is 14.6 Å². The fourth-order valence-electron chi connectivity index (χ4n) is 2.30. The maximum Gasteiger partial charge on any atom is 0.307 e. The van der Waals surface area contributed by atoms with Crippen molar-refractivity contribution in [2.45, 2.75) is 6.42 Å². The summed E-state index contributed by atoms with van der Waals surface area (Å²) in [4.78, 5) is 10.8. The number of carboxylic acids is 1. The molecule has 18 heavy (non-hydrogen) atoms. The molecule has 2 aromatic rings. The number of carboxylic acid groups (broad SMARTS) is 1. The number of hydrogen-bond donors (Lipinski definition) is 1. The Kier molecular flexibility index (Phi) is 2.40. The summed E-state index contributed by atoms with van der Waals surface area (Å²) >= 11 is 0. The zero-order chi connectivity index (χ0) is 12.7. The summed E-state index contributed by atoms with van der Waals surface area (Å²) in [6, 6.07) is 3.76. The van der Waals surface area contributed by atoms with Crippen LogP contribution in [0.4, 0.5) is 0 Å². The summed E-state index contributed by atoms with van der Waals surface area (Å²) in [6.07, 6.45) is 1.85. The average molecular weight is 247 g/mol. The van der Waals surface area contributed by atoms with Crippen LogP contribution in [-0.2, 0) is 18.3 Å². The van der Waals surface area contributed by atoms with Crippen molar-refractivity contribution in [2.24, 2.45) is 7.05 Å². The second-order valence-corrected chi connectivity index (χ2v) is 4.35. The quantitative estimate of drug-likeness (QED) is 0.875. The lowest BCUT2D eigenvalue weighted by molar-refractivity contribution is -0.136. The van der Waals surface area contributed by atoms with Crippen molar-refractivity contribution in [3.63, 3.8) is 0 Å². The lowest BCUT2D eigenvalue weighted by atomic mass is 10.1. The molecule has 0 fully saturated rings. The van der Waals surface area contributed by atoms with Crippen LogP contribution < -0.4 is 9.47 Å². The topological polar surface area (TPSA) is 60.7 Å². The van der Waals surface area contributed by atoms with Crippen LogP contribution >= 0.6 is 0 Å². The van der Waals surface area contributed by atoms with Crippen LogP contribution in [0.3, 0.4) is 0 Å². The third kappa shape index (κ3) is 1.68. The number of ether oxygens (including phenoxy) is 2. The zero-order valence-electron chi connectivity index (χ0n) is 9.97. The fraction of sp³-hybridized carbons (Fsp3) is 0.308. The van der Waals surface area contributed by atoms with Crippen LogP contribution in [0.25, 0.3) is 10.9 Å². The molecule has 0 amide bonds. The van der Waals surface area contributed by atoms with Crippen LogP contribution in [0, 0.1) is 0 Å². The molecule has 1 aliphatic heterocycles. The Morgan fingerprint density at radius 2 is 2.00 bits per heavy atom. The molecule has 0 unspecified atom stereocenters. The van der Waals surface area contributed by atoms with Gasteiger partial charge in [0.1, 0.15) is 13.2 Å². The van der Waals surface area contributed by atoms with E-state index < -0.39 is 5.97 Å². The van der Waals surface area contributed by atoms with Gasteiger partial charge in [-0.25, -0.2) is 0 Å². The van der Waals surface area contributed by atoms with Crippen molar-refractivity contribution in [3.05, 3.63) is 23.9 Å². The van der Waals surface area contributed by atoms with Crippen molar-refractivity contribution in [3.8, 4) is 11.5 Å². The van der Waals surface area contributed by atoms with E-state index in [0.717, 1.165) is 22.2 Å². The van der Waals surface area contributed by atoms with Gasteiger partial charge >= 0.3 is 5.97 Å². The molecule has 0 saturated carbocycles. The molecule has 0 spiro atoms. The van der Waals surface area contributed by atoms with E-state index in [1.54, 1.807) is 0 Å². The Morgan fingerprint density at radius 1 is 1.33 bits per heavy atom. The summed E-state index contributed by atoms with van der Waals surface area (Å²) in [7, 11) is 1.89. The Bertz CT molecular complexity index is 629. The van der Waals surface area contributed by atoms with Crippen LogP contribution in [0.1, 0.15) is 5.56 Å². The van der Waals surface area contributed by atoms with Gasteiger partial charge in [0.2, 0.25) is 0 Å². The minimum absolute atomic E-state index is 0.0109. The van der Waals surface area contributed by atoms with Crippen LogP contribution in [0.5, 0.6) is 11.5 Å². The molecule has 3 rings (SSSR count). The van der Waals surface area contributed by atoms with Crippen molar-refractivity contribution in [1.29, 1.82) is 0 Å². The highest BCUT2D eigenvalue weighted by molar-refractivity contribution is 5.90. The number of benzene rings is 1. The molecular weight excluding hydrogens is 234 g/mol. The van der Waals surface area contributed by atoms with Crippen molar-refractivity contribution < 1.29 is 19.4 Å². The van der Waals surface area contributed by atoms with E-state index >= 15 is 0 Å². The second kappa shape index (κ2) is 3.94. The van der Waals surface area contributed by atoms with Gasteiger partial charge in [0, 0.05) is 24.7 Å². The molecule has 1 aromatic carbocycles. The van der Waals surface area contributed by atoms with Gasteiger partial charge in [0.05, 0.1) is 11.9 Å². The highest BCUT2D eigenvalue weighted by Gasteiger charge is 2.17. The largest absolute Gasteiger partial charge is 0.486 e. The Hall–Kier alpha value is -2.17. The number of aromatic nitrogens is 1. The summed E-state index contributed by atoms with van der Waals surface area (Å²) in [5.41, 5.74) is 1.74. The molecule has 5 heteroatoms. The van der Waals surface area contributed by atoms with Gasteiger partial charge in [-0.3, -0.25) is 4.79 Å². The molecule has 0 bridgehead atoms. The molecule has 0 saturated heterocycles. The van der Waals surface area contributed by atoms with Gasteiger partial charge in [-0.2, -0.15) is 0 Å². The minimum atomic E-state index is -0.836. The van der Waals surface area contributed by atoms with Gasteiger partial charge in [-0.05, 0) is 11.6 Å². The van der Waals surface area contributed by atoms with E-state index in [1.807, 2.05) is 29.9 Å². The number of hydrogen-bond acceptors (Lipinski definition) is 3. The lowest BCUT2D eigenvalue weighted by Crippen LogP contribution is -2.15. The van der Waals surface area contributed by atoms with Gasteiger partial charge in [-0.15, -0.1) is 0 Å². The number of nitrogens with zero attached hydrogens (tertiary/aromatic N) is 1. The number of fused-ring (bicyclic) bond motifs is 2. The van der Waals surface area contributed by atoms with Crippen LogP contribution in [0.15, 0.2) is 18.3 Å². The number of aryl methyl sites for hydroxylation is 1. The van der Waals surface area contributed by atoms with E-state index in [1.165, 1.54) is 0 Å². The van der Waals surface area contributed by atoms with Crippen molar-refractivity contribution >= 4 is 16.9 Å². The summed E-state index contributed by atoms with van der Waals surface area (Å²) in [6.45, 7) is 1.07. The summed E-state index contributed by atoms with van der Waals surface area (Å²) in [5, 5.41) is 9.82. The van der Waals surface area contributed by atoms with Gasteiger partial charge in [-0.1, -0.05) is 0 Å². The van der Waals surface area contributed by atoms with Crippen LogP contribution in [0.2, 0.25) is 0 Å². The molecule has 1 aliphatic rings. The molecule has 1 N–H and O–H groups in total. The maximum atomic E-state index is 10.8. The monoisotopic (exact) mass is 247 g/mol. The molecular formula is C13H13NO4. The van der Waals surface area contributed by atoms with Crippen molar-refractivity contribution in [2.75, 3.05) is 13.2 Å². The van der Waals surface area contributed by atoms with E-state index in [-0.39, 0.29) is 6.42 Å². The summed E-state index contributed by atoms with van der Waals surface area (Å²) in [5.74, 6) is 0.570. The van der Waals surface area contributed by atoms with Crippen LogP contribution in [-0.4, -0.2) is 28.9 Å². The Labute approximate surface area is 104 Å². The number of carbonyl (C=O) groups is 1. The van der Waals surface area contributed by atoms with Gasteiger partial charge < -0.3 is 19.1 Å². The predicted molar refractivity (Wildman–Crippen MR) is 65.2 cm³/mol. The SMILES string of the molecule is Cn1cc(CC(=O)O)c2cc3c(cc21)OCCO3. The normalized spacial score (nSPS) is 13.8. The molecule has 0 radical (unpaired) electrons. The van der Waals surface area contributed by atoms with E-state index in [2.05, 4.69) is 0 Å². The highest BCUT2D eigenvalue weighted by atomic mass is 16.6. The van der Waals surface area contributed by atoms with E-state index in [0.29, 0.717) is 19.0 Å². The first-order chi connectivity index (χ1) is 8.65. The third-order valence-corrected chi connectivity index (χ3v) is 3.08.